The highest BCUT2D eigenvalue weighted by Crippen LogP contribution is 2.14. The minimum atomic E-state index is -1.63. The molecule has 1 aromatic rings. The Labute approximate surface area is 150 Å². The second-order valence-electron chi connectivity index (χ2n) is 5.61. The molecule has 0 bridgehead atoms. The number of ether oxygens (including phenoxy) is 3. The Kier molecular flexibility index (Phi) is 6.81. The fourth-order valence-corrected chi connectivity index (χ4v) is 2.30. The first kappa shape index (κ1) is 19.5. The van der Waals surface area contributed by atoms with Crippen LogP contribution >= 0.6 is 0 Å². The third-order valence-corrected chi connectivity index (χ3v) is 3.64. The van der Waals surface area contributed by atoms with Gasteiger partial charge in [0, 0.05) is 13.5 Å². The summed E-state index contributed by atoms with van der Waals surface area (Å²) in [7, 11) is 3.02. The van der Waals surface area contributed by atoms with Crippen LogP contribution in [0.3, 0.4) is 0 Å². The molecule has 2 rings (SSSR count). The van der Waals surface area contributed by atoms with E-state index in [4.69, 9.17) is 19.9 Å². The van der Waals surface area contributed by atoms with Crippen molar-refractivity contribution in [2.24, 2.45) is 10.7 Å². The largest absolute Gasteiger partial charge is 0.497 e. The number of nitrogens with one attached hydrogen (secondary N) is 1. The first-order chi connectivity index (χ1) is 12.4. The van der Waals surface area contributed by atoms with E-state index in [2.05, 4.69) is 10.3 Å². The number of aliphatic imine (C=N–C) groups is 1. The van der Waals surface area contributed by atoms with Crippen LogP contribution in [-0.4, -0.2) is 56.6 Å². The molecule has 1 aliphatic heterocycles. The van der Waals surface area contributed by atoms with Crippen LogP contribution < -0.4 is 15.8 Å². The average molecular weight is 363 g/mol. The molecular weight excluding hydrogens is 342 g/mol. The summed E-state index contributed by atoms with van der Waals surface area (Å²) in [6.45, 7) is 0.294. The lowest BCUT2D eigenvalue weighted by Crippen LogP contribution is -2.51. The Balaban J connectivity index is 1.96. The minimum absolute atomic E-state index is 0.168. The number of nitrogens with two attached hydrogens (primary N) is 1. The smallest absolute Gasteiger partial charge is 0.324 e. The molecule has 0 saturated carbocycles. The molecule has 0 spiro atoms. The number of amidine groups is 1. The van der Waals surface area contributed by atoms with Gasteiger partial charge < -0.3 is 25.3 Å². The van der Waals surface area contributed by atoms with Crippen LogP contribution in [0.2, 0.25) is 0 Å². The Morgan fingerprint density at radius 1 is 1.35 bits per heavy atom. The molecule has 1 aliphatic rings. The third-order valence-electron chi connectivity index (χ3n) is 3.64. The van der Waals surface area contributed by atoms with Crippen molar-refractivity contribution in [3.63, 3.8) is 0 Å². The molecule has 3 N–H and O–H groups in total. The molecule has 1 unspecified atom stereocenters. The van der Waals surface area contributed by atoms with Gasteiger partial charge in [-0.05, 0) is 24.1 Å². The highest BCUT2D eigenvalue weighted by Gasteiger charge is 2.36. The van der Waals surface area contributed by atoms with Crippen LogP contribution in [0, 0.1) is 0 Å². The average Bonchev–Trinajstić information content (AvgIpc) is 2.62. The molecule has 0 aliphatic carbocycles. The third kappa shape index (κ3) is 5.11. The van der Waals surface area contributed by atoms with E-state index in [0.717, 1.165) is 5.56 Å². The van der Waals surface area contributed by atoms with Crippen molar-refractivity contribution in [1.29, 1.82) is 0 Å². The van der Waals surface area contributed by atoms with Crippen molar-refractivity contribution in [2.45, 2.75) is 25.0 Å². The lowest BCUT2D eigenvalue weighted by Gasteiger charge is -2.21. The first-order valence-electron chi connectivity index (χ1n) is 7.94. The molecular formula is C17H21N3O6. The molecule has 26 heavy (non-hydrogen) atoms. The Hall–Kier alpha value is -2.78. The first-order valence-corrected chi connectivity index (χ1v) is 7.94. The second kappa shape index (κ2) is 9.07. The van der Waals surface area contributed by atoms with E-state index in [-0.39, 0.29) is 18.7 Å². The molecule has 9 heteroatoms. The minimum Gasteiger partial charge on any atom is -0.497 e. The quantitative estimate of drug-likeness (QED) is 0.473. The predicted octanol–water partition coefficient (Wildman–Crippen LogP) is -0.432. The van der Waals surface area contributed by atoms with Crippen LogP contribution in [0.4, 0.5) is 0 Å². The van der Waals surface area contributed by atoms with Gasteiger partial charge in [-0.25, -0.2) is 0 Å². The van der Waals surface area contributed by atoms with Crippen molar-refractivity contribution < 1.29 is 28.6 Å². The van der Waals surface area contributed by atoms with E-state index in [1.807, 2.05) is 0 Å². The SMILES string of the molecule is COCCC1=NC(=O)C(OC(=O)[C@@H](N)Cc2cccc(OC)c2)C(=O)N1. The Bertz CT molecular complexity index is 718. The van der Waals surface area contributed by atoms with Gasteiger partial charge in [-0.15, -0.1) is 0 Å². The maximum absolute atomic E-state index is 12.1. The number of benzene rings is 1. The van der Waals surface area contributed by atoms with Crippen molar-refractivity contribution in [2.75, 3.05) is 20.8 Å². The van der Waals surface area contributed by atoms with Gasteiger partial charge in [0.15, 0.2) is 0 Å². The summed E-state index contributed by atoms with van der Waals surface area (Å²) in [4.78, 5) is 39.8. The maximum atomic E-state index is 12.1. The van der Waals surface area contributed by atoms with Gasteiger partial charge in [0.25, 0.3) is 17.9 Å². The zero-order chi connectivity index (χ0) is 19.1. The van der Waals surface area contributed by atoms with Gasteiger partial charge in [-0.1, -0.05) is 12.1 Å². The lowest BCUT2D eigenvalue weighted by molar-refractivity contribution is -0.161. The van der Waals surface area contributed by atoms with Gasteiger partial charge >= 0.3 is 5.97 Å². The summed E-state index contributed by atoms with van der Waals surface area (Å²) in [6.07, 6.45) is -1.20. The molecule has 140 valence electrons. The molecule has 0 fully saturated rings. The number of carbonyl (C=O) groups is 3. The second-order valence-corrected chi connectivity index (χ2v) is 5.61. The van der Waals surface area contributed by atoms with E-state index < -0.39 is 29.9 Å². The number of amides is 2. The Morgan fingerprint density at radius 3 is 2.77 bits per heavy atom. The molecule has 0 saturated heterocycles. The summed E-state index contributed by atoms with van der Waals surface area (Å²) in [5, 5.41) is 2.42. The summed E-state index contributed by atoms with van der Waals surface area (Å²) in [6, 6.07) is 6.00. The number of nitrogens with zero attached hydrogens (tertiary/aromatic N) is 1. The summed E-state index contributed by atoms with van der Waals surface area (Å²) >= 11 is 0. The lowest BCUT2D eigenvalue weighted by atomic mass is 10.1. The normalized spacial score (nSPS) is 18.0. The zero-order valence-corrected chi connectivity index (χ0v) is 14.6. The van der Waals surface area contributed by atoms with Crippen LogP contribution in [-0.2, 0) is 30.3 Å². The molecule has 9 nitrogen and oxygen atoms in total. The zero-order valence-electron chi connectivity index (χ0n) is 14.6. The Morgan fingerprint density at radius 2 is 2.12 bits per heavy atom. The monoisotopic (exact) mass is 363 g/mol. The number of methoxy groups -OCH3 is 2. The van der Waals surface area contributed by atoms with E-state index in [9.17, 15) is 14.4 Å². The number of hydrogen-bond donors (Lipinski definition) is 2. The molecule has 0 radical (unpaired) electrons. The summed E-state index contributed by atoms with van der Waals surface area (Å²) < 4.78 is 14.9. The van der Waals surface area contributed by atoms with Crippen LogP contribution in [0.25, 0.3) is 0 Å². The fraction of sp³-hybridized carbons (Fsp3) is 0.412. The highest BCUT2D eigenvalue weighted by molar-refractivity contribution is 6.18. The maximum Gasteiger partial charge on any atom is 0.324 e. The molecule has 0 aromatic heterocycles. The number of hydrogen-bond acceptors (Lipinski definition) is 7. The number of carbonyl (C=O) groups excluding carboxylic acids is 3. The van der Waals surface area contributed by atoms with Crippen molar-refractivity contribution >= 4 is 23.6 Å². The van der Waals surface area contributed by atoms with Crippen LogP contribution in [0.1, 0.15) is 12.0 Å². The van der Waals surface area contributed by atoms with Crippen LogP contribution in [0.5, 0.6) is 5.75 Å². The van der Waals surface area contributed by atoms with Crippen molar-refractivity contribution in [1.82, 2.24) is 5.32 Å². The summed E-state index contributed by atoms with van der Waals surface area (Å²) in [5.74, 6) is -1.66. The van der Waals surface area contributed by atoms with E-state index in [1.165, 1.54) is 14.2 Å². The van der Waals surface area contributed by atoms with Gasteiger partial charge in [0.05, 0.1) is 13.7 Å². The fourth-order valence-electron chi connectivity index (χ4n) is 2.30. The van der Waals surface area contributed by atoms with Gasteiger partial charge in [-0.2, -0.15) is 4.99 Å². The van der Waals surface area contributed by atoms with E-state index in [0.29, 0.717) is 12.4 Å². The van der Waals surface area contributed by atoms with Gasteiger partial charge in [-0.3, -0.25) is 14.4 Å². The molecule has 1 aromatic carbocycles. The van der Waals surface area contributed by atoms with E-state index >= 15 is 0 Å². The molecule has 1 heterocycles. The van der Waals surface area contributed by atoms with Crippen molar-refractivity contribution in [3.05, 3.63) is 29.8 Å². The van der Waals surface area contributed by atoms with Crippen molar-refractivity contribution in [3.8, 4) is 5.75 Å². The topological polar surface area (TPSA) is 129 Å². The number of esters is 1. The van der Waals surface area contributed by atoms with Gasteiger partial charge in [0.1, 0.15) is 17.6 Å². The molecule has 2 amide bonds. The number of rotatable bonds is 8. The summed E-state index contributed by atoms with van der Waals surface area (Å²) in [5.41, 5.74) is 6.59. The molecule has 2 atom stereocenters. The highest BCUT2D eigenvalue weighted by atomic mass is 16.6. The standard InChI is InChI=1S/C17H21N3O6/c1-24-7-6-13-19-15(21)14(16(22)20-13)26-17(23)12(18)9-10-4-3-5-11(8-10)25-2/h3-5,8,12,14H,6-7,9,18H2,1-2H3,(H,19,20,21,22)/t12-/m0/s1. The van der Waals surface area contributed by atoms with Crippen LogP contribution in [0.15, 0.2) is 29.3 Å². The van der Waals surface area contributed by atoms with E-state index in [1.54, 1.807) is 24.3 Å². The predicted molar refractivity (Wildman–Crippen MR) is 91.6 cm³/mol. The van der Waals surface area contributed by atoms with Gasteiger partial charge in [0.2, 0.25) is 0 Å².